The SMILES string of the molecule is Cc1ccc([C@H](C)NCCN2C(=O)NC(C)(C)C2=O)o1. The predicted octanol–water partition coefficient (Wildman–Crippen LogP) is 1.57. The van der Waals surface area contributed by atoms with Crippen LogP contribution in [0.4, 0.5) is 4.79 Å². The highest BCUT2D eigenvalue weighted by Crippen LogP contribution is 2.17. The minimum absolute atomic E-state index is 0.0393. The van der Waals surface area contributed by atoms with Crippen molar-refractivity contribution in [2.45, 2.75) is 39.3 Å². The van der Waals surface area contributed by atoms with Crippen LogP contribution in [0.5, 0.6) is 0 Å². The molecule has 6 heteroatoms. The van der Waals surface area contributed by atoms with E-state index in [-0.39, 0.29) is 18.0 Å². The summed E-state index contributed by atoms with van der Waals surface area (Å²) in [5, 5.41) is 5.90. The van der Waals surface area contributed by atoms with Crippen LogP contribution in [0.15, 0.2) is 16.5 Å². The highest BCUT2D eigenvalue weighted by atomic mass is 16.3. The lowest BCUT2D eigenvalue weighted by atomic mass is 10.1. The number of aryl methyl sites for hydroxylation is 1. The van der Waals surface area contributed by atoms with E-state index in [1.165, 1.54) is 4.90 Å². The summed E-state index contributed by atoms with van der Waals surface area (Å²) in [5.41, 5.74) is -0.805. The Bertz CT molecular complexity index is 521. The van der Waals surface area contributed by atoms with Crippen LogP contribution < -0.4 is 10.6 Å². The molecule has 2 N–H and O–H groups in total. The molecule has 0 saturated carbocycles. The second kappa shape index (κ2) is 5.28. The van der Waals surface area contributed by atoms with E-state index < -0.39 is 5.54 Å². The lowest BCUT2D eigenvalue weighted by Crippen LogP contribution is -2.41. The molecule has 1 fully saturated rings. The summed E-state index contributed by atoms with van der Waals surface area (Å²) < 4.78 is 5.52. The van der Waals surface area contributed by atoms with Gasteiger partial charge >= 0.3 is 6.03 Å². The second-order valence-electron chi connectivity index (χ2n) is 5.64. The predicted molar refractivity (Wildman–Crippen MR) is 74.2 cm³/mol. The van der Waals surface area contributed by atoms with E-state index in [1.807, 2.05) is 26.0 Å². The summed E-state index contributed by atoms with van der Waals surface area (Å²) in [6.45, 7) is 8.15. The van der Waals surface area contributed by atoms with Crippen molar-refractivity contribution in [2.75, 3.05) is 13.1 Å². The maximum absolute atomic E-state index is 12.0. The summed E-state index contributed by atoms with van der Waals surface area (Å²) >= 11 is 0. The normalized spacial score (nSPS) is 19.3. The Hall–Kier alpha value is -1.82. The first-order valence-electron chi connectivity index (χ1n) is 6.75. The van der Waals surface area contributed by atoms with Crippen LogP contribution in [0.3, 0.4) is 0 Å². The second-order valence-corrected chi connectivity index (χ2v) is 5.64. The van der Waals surface area contributed by atoms with Gasteiger partial charge in [-0.2, -0.15) is 0 Å². The number of nitrogens with one attached hydrogen (secondary N) is 2. The third-order valence-corrected chi connectivity index (χ3v) is 3.42. The van der Waals surface area contributed by atoms with E-state index >= 15 is 0 Å². The van der Waals surface area contributed by atoms with Gasteiger partial charge < -0.3 is 15.1 Å². The van der Waals surface area contributed by atoms with Gasteiger partial charge in [0.2, 0.25) is 0 Å². The third-order valence-electron chi connectivity index (χ3n) is 3.42. The number of carbonyl (C=O) groups is 2. The first-order chi connectivity index (χ1) is 9.31. The number of furan rings is 1. The number of nitrogens with zero attached hydrogens (tertiary/aromatic N) is 1. The Labute approximate surface area is 118 Å². The minimum Gasteiger partial charge on any atom is -0.465 e. The minimum atomic E-state index is -0.805. The van der Waals surface area contributed by atoms with Crippen molar-refractivity contribution in [1.82, 2.24) is 15.5 Å². The number of hydrogen-bond donors (Lipinski definition) is 2. The van der Waals surface area contributed by atoms with Crippen molar-refractivity contribution in [2.24, 2.45) is 0 Å². The molecule has 6 nitrogen and oxygen atoms in total. The zero-order valence-corrected chi connectivity index (χ0v) is 12.3. The topological polar surface area (TPSA) is 74.6 Å². The van der Waals surface area contributed by atoms with E-state index in [0.29, 0.717) is 13.1 Å². The highest BCUT2D eigenvalue weighted by Gasteiger charge is 2.43. The maximum atomic E-state index is 12.0. The lowest BCUT2D eigenvalue weighted by molar-refractivity contribution is -0.130. The molecule has 0 aliphatic carbocycles. The lowest BCUT2D eigenvalue weighted by Gasteiger charge is -2.17. The molecule has 2 rings (SSSR count). The number of rotatable bonds is 5. The number of carbonyl (C=O) groups excluding carboxylic acids is 2. The smallest absolute Gasteiger partial charge is 0.325 e. The molecular weight excluding hydrogens is 258 g/mol. The molecule has 0 radical (unpaired) electrons. The van der Waals surface area contributed by atoms with Gasteiger partial charge in [-0.15, -0.1) is 0 Å². The van der Waals surface area contributed by atoms with Gasteiger partial charge in [-0.05, 0) is 39.8 Å². The average Bonchev–Trinajstić information content (AvgIpc) is 2.86. The molecule has 0 unspecified atom stereocenters. The van der Waals surface area contributed by atoms with E-state index in [9.17, 15) is 9.59 Å². The molecule has 1 aliphatic rings. The quantitative estimate of drug-likeness (QED) is 0.802. The fraction of sp³-hybridized carbons (Fsp3) is 0.571. The molecule has 0 bridgehead atoms. The standard InChI is InChI=1S/C14H21N3O3/c1-9-5-6-11(20-9)10(2)15-7-8-17-12(18)14(3,4)16-13(17)19/h5-6,10,15H,7-8H2,1-4H3,(H,16,19)/t10-/m0/s1. The molecular formula is C14H21N3O3. The average molecular weight is 279 g/mol. The summed E-state index contributed by atoms with van der Waals surface area (Å²) in [4.78, 5) is 24.9. The molecule has 1 aromatic rings. The Morgan fingerprint density at radius 3 is 2.60 bits per heavy atom. The van der Waals surface area contributed by atoms with Crippen molar-refractivity contribution >= 4 is 11.9 Å². The van der Waals surface area contributed by atoms with Crippen molar-refractivity contribution in [3.8, 4) is 0 Å². The van der Waals surface area contributed by atoms with Crippen LogP contribution in [-0.2, 0) is 4.79 Å². The van der Waals surface area contributed by atoms with Crippen molar-refractivity contribution < 1.29 is 14.0 Å². The van der Waals surface area contributed by atoms with Crippen LogP contribution in [0, 0.1) is 6.92 Å². The van der Waals surface area contributed by atoms with Gasteiger partial charge in [-0.25, -0.2) is 4.79 Å². The van der Waals surface area contributed by atoms with Crippen LogP contribution in [0.2, 0.25) is 0 Å². The van der Waals surface area contributed by atoms with Crippen molar-refractivity contribution in [1.29, 1.82) is 0 Å². The fourth-order valence-corrected chi connectivity index (χ4v) is 2.20. The van der Waals surface area contributed by atoms with Gasteiger partial charge in [-0.3, -0.25) is 9.69 Å². The number of urea groups is 1. The third kappa shape index (κ3) is 2.85. The Balaban J connectivity index is 1.84. The van der Waals surface area contributed by atoms with Crippen molar-refractivity contribution in [3.63, 3.8) is 0 Å². The van der Waals surface area contributed by atoms with Crippen LogP contribution in [-0.4, -0.2) is 35.5 Å². The summed E-state index contributed by atoms with van der Waals surface area (Å²) in [7, 11) is 0. The first-order valence-corrected chi connectivity index (χ1v) is 6.75. The van der Waals surface area contributed by atoms with Gasteiger partial charge in [0.25, 0.3) is 5.91 Å². The van der Waals surface area contributed by atoms with E-state index in [4.69, 9.17) is 4.42 Å². The van der Waals surface area contributed by atoms with E-state index in [1.54, 1.807) is 13.8 Å². The molecule has 1 saturated heterocycles. The monoisotopic (exact) mass is 279 g/mol. The molecule has 3 amide bonds. The van der Waals surface area contributed by atoms with Crippen LogP contribution in [0.1, 0.15) is 38.3 Å². The molecule has 20 heavy (non-hydrogen) atoms. The molecule has 110 valence electrons. The highest BCUT2D eigenvalue weighted by molar-refractivity contribution is 6.06. The van der Waals surface area contributed by atoms with Crippen LogP contribution >= 0.6 is 0 Å². The van der Waals surface area contributed by atoms with Gasteiger partial charge in [-0.1, -0.05) is 0 Å². The Morgan fingerprint density at radius 2 is 2.10 bits per heavy atom. The summed E-state index contributed by atoms with van der Waals surface area (Å²) in [6, 6.07) is 3.54. The van der Waals surface area contributed by atoms with Gasteiger partial charge in [0, 0.05) is 13.1 Å². The van der Waals surface area contributed by atoms with Gasteiger partial charge in [0.05, 0.1) is 6.04 Å². The van der Waals surface area contributed by atoms with Crippen LogP contribution in [0.25, 0.3) is 0 Å². The zero-order valence-electron chi connectivity index (χ0n) is 12.3. The largest absolute Gasteiger partial charge is 0.465 e. The molecule has 1 atom stereocenters. The number of imide groups is 1. The zero-order chi connectivity index (χ0) is 14.9. The molecule has 0 spiro atoms. The van der Waals surface area contributed by atoms with E-state index in [2.05, 4.69) is 10.6 Å². The van der Waals surface area contributed by atoms with Gasteiger partial charge in [0.1, 0.15) is 17.1 Å². The molecule has 0 aromatic carbocycles. The summed E-state index contributed by atoms with van der Waals surface area (Å²) in [6.07, 6.45) is 0. The molecule has 2 heterocycles. The number of hydrogen-bond acceptors (Lipinski definition) is 4. The Kier molecular flexibility index (Phi) is 3.85. The van der Waals surface area contributed by atoms with E-state index in [0.717, 1.165) is 11.5 Å². The van der Waals surface area contributed by atoms with Gasteiger partial charge in [0.15, 0.2) is 0 Å². The fourth-order valence-electron chi connectivity index (χ4n) is 2.20. The molecule has 1 aromatic heterocycles. The number of amides is 3. The van der Waals surface area contributed by atoms with Crippen molar-refractivity contribution in [3.05, 3.63) is 23.7 Å². The Morgan fingerprint density at radius 1 is 1.40 bits per heavy atom. The first kappa shape index (κ1) is 14.6. The molecule has 1 aliphatic heterocycles. The maximum Gasteiger partial charge on any atom is 0.325 e. The summed E-state index contributed by atoms with van der Waals surface area (Å²) in [5.74, 6) is 1.52.